The molecule has 1 aliphatic heterocycles. The first-order valence-corrected chi connectivity index (χ1v) is 12.9. The molecule has 2 aromatic rings. The number of rotatable bonds is 9. The van der Waals surface area contributed by atoms with Gasteiger partial charge < -0.3 is 10.2 Å². The highest BCUT2D eigenvalue weighted by Crippen LogP contribution is 2.26. The molecule has 0 saturated carbocycles. The van der Waals surface area contributed by atoms with E-state index in [1.165, 1.54) is 23.6 Å². The Kier molecular flexibility index (Phi) is 8.32. The lowest BCUT2D eigenvalue weighted by Gasteiger charge is -2.26. The normalized spacial score (nSPS) is 14.8. The van der Waals surface area contributed by atoms with Crippen LogP contribution in [0.2, 0.25) is 0 Å². The summed E-state index contributed by atoms with van der Waals surface area (Å²) in [5.41, 5.74) is 3.39. The fraction of sp³-hybridized carbons (Fsp3) is 0.480. The van der Waals surface area contributed by atoms with Gasteiger partial charge in [-0.15, -0.1) is 0 Å². The second-order valence-electron chi connectivity index (χ2n) is 8.78. The van der Waals surface area contributed by atoms with Gasteiger partial charge in [0.1, 0.15) is 6.54 Å². The first kappa shape index (κ1) is 24.3. The number of benzene rings is 2. The fourth-order valence-corrected chi connectivity index (χ4v) is 5.55. The van der Waals surface area contributed by atoms with Crippen LogP contribution in [-0.4, -0.2) is 51.9 Å². The van der Waals surface area contributed by atoms with Crippen LogP contribution in [0.25, 0.3) is 0 Å². The van der Waals surface area contributed by atoms with Crippen molar-refractivity contribution in [1.82, 2.24) is 10.2 Å². The molecular formula is C25H35N3O3S. The van der Waals surface area contributed by atoms with E-state index in [-0.39, 0.29) is 17.3 Å². The maximum atomic E-state index is 13.5. The highest BCUT2D eigenvalue weighted by Gasteiger charge is 2.27. The molecule has 1 N–H and O–H groups in total. The second kappa shape index (κ2) is 11.0. The minimum absolute atomic E-state index is 0.181. The number of aryl methyl sites for hydroxylation is 3. The van der Waals surface area contributed by atoms with Gasteiger partial charge in [-0.05, 0) is 95.1 Å². The quantitative estimate of drug-likeness (QED) is 0.582. The molecular weight excluding hydrogens is 422 g/mol. The predicted octanol–water partition coefficient (Wildman–Crippen LogP) is 3.80. The van der Waals surface area contributed by atoms with E-state index in [0.29, 0.717) is 12.2 Å². The van der Waals surface area contributed by atoms with Crippen molar-refractivity contribution < 1.29 is 13.2 Å². The van der Waals surface area contributed by atoms with Crippen molar-refractivity contribution in [2.75, 3.05) is 37.0 Å². The van der Waals surface area contributed by atoms with Crippen molar-refractivity contribution in [3.05, 3.63) is 59.2 Å². The largest absolute Gasteiger partial charge is 0.354 e. The molecule has 1 heterocycles. The van der Waals surface area contributed by atoms with Crippen molar-refractivity contribution in [1.29, 1.82) is 0 Å². The summed E-state index contributed by atoms with van der Waals surface area (Å²) >= 11 is 0. The maximum absolute atomic E-state index is 13.5. The Morgan fingerprint density at radius 1 is 0.938 bits per heavy atom. The van der Waals surface area contributed by atoms with E-state index < -0.39 is 10.0 Å². The molecule has 0 atom stereocenters. The molecule has 0 unspecified atom stereocenters. The number of carbonyl (C=O) groups is 1. The minimum Gasteiger partial charge on any atom is -0.354 e. The maximum Gasteiger partial charge on any atom is 0.264 e. The van der Waals surface area contributed by atoms with Crippen LogP contribution in [0.15, 0.2) is 47.4 Å². The average molecular weight is 458 g/mol. The minimum atomic E-state index is -3.88. The molecule has 174 valence electrons. The first-order valence-electron chi connectivity index (χ1n) is 11.4. The van der Waals surface area contributed by atoms with Crippen LogP contribution < -0.4 is 9.62 Å². The molecule has 0 radical (unpaired) electrons. The summed E-state index contributed by atoms with van der Waals surface area (Å²) in [4.78, 5) is 15.4. The molecule has 0 aliphatic carbocycles. The standard InChI is InChI=1S/C25H35N3O3S/c1-20-8-10-24(11-9-20)32(30,31)28(23-17-21(2)16-22(3)18-23)19-25(29)26-12-7-15-27-13-5-4-6-14-27/h8-11,16-18H,4-7,12-15,19H2,1-3H3,(H,26,29). The van der Waals surface area contributed by atoms with Crippen molar-refractivity contribution in [3.63, 3.8) is 0 Å². The molecule has 0 bridgehead atoms. The molecule has 2 aromatic carbocycles. The van der Waals surface area contributed by atoms with Crippen LogP contribution >= 0.6 is 0 Å². The molecule has 0 aromatic heterocycles. The zero-order valence-electron chi connectivity index (χ0n) is 19.4. The molecule has 0 spiro atoms. The number of amides is 1. The lowest BCUT2D eigenvalue weighted by Crippen LogP contribution is -2.41. The number of carbonyl (C=O) groups excluding carboxylic acids is 1. The Morgan fingerprint density at radius 2 is 1.56 bits per heavy atom. The number of nitrogens with one attached hydrogen (secondary N) is 1. The molecule has 32 heavy (non-hydrogen) atoms. The summed E-state index contributed by atoms with van der Waals surface area (Å²) in [6.45, 7) is 9.27. The molecule has 1 aliphatic rings. The summed E-state index contributed by atoms with van der Waals surface area (Å²) in [5.74, 6) is -0.293. The predicted molar refractivity (Wildman–Crippen MR) is 130 cm³/mol. The van der Waals surface area contributed by atoms with Gasteiger partial charge in [-0.1, -0.05) is 30.2 Å². The second-order valence-corrected chi connectivity index (χ2v) is 10.6. The topological polar surface area (TPSA) is 69.7 Å². The van der Waals surface area contributed by atoms with E-state index in [0.717, 1.165) is 42.7 Å². The number of sulfonamides is 1. The fourth-order valence-electron chi connectivity index (χ4n) is 4.15. The third kappa shape index (κ3) is 6.56. The highest BCUT2D eigenvalue weighted by molar-refractivity contribution is 7.92. The van der Waals surface area contributed by atoms with Crippen LogP contribution in [-0.2, 0) is 14.8 Å². The van der Waals surface area contributed by atoms with E-state index in [9.17, 15) is 13.2 Å². The Bertz CT molecular complexity index is 993. The Morgan fingerprint density at radius 3 is 2.19 bits per heavy atom. The summed E-state index contributed by atoms with van der Waals surface area (Å²) < 4.78 is 28.2. The molecule has 1 fully saturated rings. The van der Waals surface area contributed by atoms with E-state index in [4.69, 9.17) is 0 Å². The van der Waals surface area contributed by atoms with Gasteiger partial charge in [-0.25, -0.2) is 8.42 Å². The van der Waals surface area contributed by atoms with Gasteiger partial charge in [-0.3, -0.25) is 9.10 Å². The van der Waals surface area contributed by atoms with E-state index in [1.807, 2.05) is 39.0 Å². The van der Waals surface area contributed by atoms with E-state index >= 15 is 0 Å². The Labute approximate surface area is 192 Å². The molecule has 7 heteroatoms. The molecule has 1 saturated heterocycles. The smallest absolute Gasteiger partial charge is 0.264 e. The lowest BCUT2D eigenvalue weighted by atomic mass is 10.1. The van der Waals surface area contributed by atoms with Crippen molar-refractivity contribution in [3.8, 4) is 0 Å². The van der Waals surface area contributed by atoms with Gasteiger partial charge in [-0.2, -0.15) is 0 Å². The summed E-state index contributed by atoms with van der Waals surface area (Å²) in [6.07, 6.45) is 4.65. The molecule has 1 amide bonds. The van der Waals surface area contributed by atoms with Crippen molar-refractivity contribution in [2.45, 2.75) is 51.3 Å². The molecule has 6 nitrogen and oxygen atoms in total. The third-order valence-electron chi connectivity index (χ3n) is 5.81. The average Bonchev–Trinajstić information content (AvgIpc) is 2.75. The highest BCUT2D eigenvalue weighted by atomic mass is 32.2. The van der Waals surface area contributed by atoms with Gasteiger partial charge in [0.25, 0.3) is 10.0 Å². The summed E-state index contributed by atoms with van der Waals surface area (Å²) in [7, 11) is -3.88. The number of hydrogen-bond donors (Lipinski definition) is 1. The van der Waals surface area contributed by atoms with Gasteiger partial charge in [0, 0.05) is 6.54 Å². The van der Waals surface area contributed by atoms with E-state index in [1.54, 1.807) is 24.3 Å². The van der Waals surface area contributed by atoms with Crippen molar-refractivity contribution in [2.24, 2.45) is 0 Å². The Hall–Kier alpha value is -2.38. The summed E-state index contributed by atoms with van der Waals surface area (Å²) in [5, 5.41) is 2.91. The van der Waals surface area contributed by atoms with Gasteiger partial charge in [0.15, 0.2) is 0 Å². The monoisotopic (exact) mass is 457 g/mol. The third-order valence-corrected chi connectivity index (χ3v) is 7.60. The SMILES string of the molecule is Cc1ccc(S(=O)(=O)N(CC(=O)NCCCN2CCCCC2)c2cc(C)cc(C)c2)cc1. The van der Waals surface area contributed by atoms with Crippen LogP contribution in [0.5, 0.6) is 0 Å². The number of nitrogens with zero attached hydrogens (tertiary/aromatic N) is 2. The molecule has 3 rings (SSSR count). The van der Waals surface area contributed by atoms with Crippen molar-refractivity contribution >= 4 is 21.6 Å². The number of likely N-dealkylation sites (tertiary alicyclic amines) is 1. The zero-order chi connectivity index (χ0) is 23.1. The van der Waals surface area contributed by atoms with Crippen LogP contribution in [0, 0.1) is 20.8 Å². The van der Waals surface area contributed by atoms with Crippen LogP contribution in [0.4, 0.5) is 5.69 Å². The first-order chi connectivity index (χ1) is 15.3. The number of piperidine rings is 1. The zero-order valence-corrected chi connectivity index (χ0v) is 20.2. The van der Waals surface area contributed by atoms with E-state index in [2.05, 4.69) is 10.2 Å². The Balaban J connectivity index is 1.72. The van der Waals surface area contributed by atoms with Gasteiger partial charge >= 0.3 is 0 Å². The lowest BCUT2D eigenvalue weighted by molar-refractivity contribution is -0.119. The van der Waals surface area contributed by atoms with Gasteiger partial charge in [0.2, 0.25) is 5.91 Å². The van der Waals surface area contributed by atoms with Crippen LogP contribution in [0.1, 0.15) is 42.4 Å². The number of anilines is 1. The van der Waals surface area contributed by atoms with Crippen LogP contribution in [0.3, 0.4) is 0 Å². The summed E-state index contributed by atoms with van der Waals surface area (Å²) in [6, 6.07) is 12.3. The van der Waals surface area contributed by atoms with Gasteiger partial charge in [0.05, 0.1) is 10.6 Å². The number of hydrogen-bond acceptors (Lipinski definition) is 4.